The molecule has 1 aliphatic heterocycles. The molecule has 0 amide bonds. The Morgan fingerprint density at radius 3 is 2.55 bits per heavy atom. The SMILES string of the molecule is CN1CCN(c2ccc(NS(=O)(=O)c3cccs3)nc2)CC1. The van der Waals surface area contributed by atoms with Gasteiger partial charge in [-0.2, -0.15) is 0 Å². The fourth-order valence-electron chi connectivity index (χ4n) is 2.30. The lowest BCUT2D eigenvalue weighted by Crippen LogP contribution is -2.44. The maximum atomic E-state index is 12.1. The summed E-state index contributed by atoms with van der Waals surface area (Å²) in [5, 5.41) is 1.73. The highest BCUT2D eigenvalue weighted by Gasteiger charge is 2.17. The topological polar surface area (TPSA) is 65.5 Å². The molecule has 0 aliphatic carbocycles. The van der Waals surface area contributed by atoms with Crippen LogP contribution in [0, 0.1) is 0 Å². The second-order valence-electron chi connectivity index (χ2n) is 5.23. The highest BCUT2D eigenvalue weighted by Crippen LogP contribution is 2.21. The Hall–Kier alpha value is -1.64. The lowest BCUT2D eigenvalue weighted by molar-refractivity contribution is 0.313. The minimum absolute atomic E-state index is 0.289. The first-order chi connectivity index (χ1) is 10.5. The van der Waals surface area contributed by atoms with Crippen LogP contribution in [0.2, 0.25) is 0 Å². The summed E-state index contributed by atoms with van der Waals surface area (Å²) in [6, 6.07) is 6.90. The number of nitrogens with zero attached hydrogens (tertiary/aromatic N) is 3. The summed E-state index contributed by atoms with van der Waals surface area (Å²) in [6.07, 6.45) is 1.72. The number of rotatable bonds is 4. The predicted molar refractivity (Wildman–Crippen MR) is 89.1 cm³/mol. The summed E-state index contributed by atoms with van der Waals surface area (Å²) in [6.45, 7) is 3.95. The minimum atomic E-state index is -3.53. The summed E-state index contributed by atoms with van der Waals surface area (Å²) in [7, 11) is -1.42. The lowest BCUT2D eigenvalue weighted by Gasteiger charge is -2.33. The van der Waals surface area contributed by atoms with E-state index in [2.05, 4.69) is 26.6 Å². The molecular weight excluding hydrogens is 320 g/mol. The van der Waals surface area contributed by atoms with Crippen LogP contribution in [-0.4, -0.2) is 51.5 Å². The average molecular weight is 338 g/mol. The third-order valence-corrected chi connectivity index (χ3v) is 6.37. The first-order valence-corrected chi connectivity index (χ1v) is 9.37. The van der Waals surface area contributed by atoms with Gasteiger partial charge in [0.1, 0.15) is 10.0 Å². The molecule has 0 aromatic carbocycles. The molecule has 1 saturated heterocycles. The number of sulfonamides is 1. The largest absolute Gasteiger partial charge is 0.368 e. The van der Waals surface area contributed by atoms with Gasteiger partial charge in [0.05, 0.1) is 11.9 Å². The predicted octanol–water partition coefficient (Wildman–Crippen LogP) is 1.70. The van der Waals surface area contributed by atoms with Gasteiger partial charge in [-0.05, 0) is 30.6 Å². The van der Waals surface area contributed by atoms with Crippen molar-refractivity contribution in [3.05, 3.63) is 35.8 Å². The summed E-state index contributed by atoms with van der Waals surface area (Å²) in [5.41, 5.74) is 1.02. The second kappa shape index (κ2) is 6.23. The van der Waals surface area contributed by atoms with Crippen molar-refractivity contribution in [1.82, 2.24) is 9.88 Å². The number of pyridine rings is 1. The van der Waals surface area contributed by atoms with Gasteiger partial charge in [0, 0.05) is 26.2 Å². The van der Waals surface area contributed by atoms with E-state index in [1.54, 1.807) is 29.8 Å². The second-order valence-corrected chi connectivity index (χ2v) is 8.09. The van der Waals surface area contributed by atoms with Gasteiger partial charge in [-0.15, -0.1) is 11.3 Å². The summed E-state index contributed by atoms with van der Waals surface area (Å²) in [4.78, 5) is 8.77. The smallest absolute Gasteiger partial charge is 0.272 e. The Morgan fingerprint density at radius 1 is 1.18 bits per heavy atom. The molecule has 0 saturated carbocycles. The van der Waals surface area contributed by atoms with Crippen molar-refractivity contribution in [3.63, 3.8) is 0 Å². The molecule has 118 valence electrons. The Kier molecular flexibility index (Phi) is 4.32. The van der Waals surface area contributed by atoms with Crippen molar-refractivity contribution in [3.8, 4) is 0 Å². The van der Waals surface area contributed by atoms with Gasteiger partial charge >= 0.3 is 0 Å². The van der Waals surface area contributed by atoms with Gasteiger partial charge in [0.15, 0.2) is 0 Å². The summed E-state index contributed by atoms with van der Waals surface area (Å²) < 4.78 is 27.0. The zero-order valence-electron chi connectivity index (χ0n) is 12.3. The molecule has 0 radical (unpaired) electrons. The number of aromatic nitrogens is 1. The van der Waals surface area contributed by atoms with Crippen molar-refractivity contribution in [2.24, 2.45) is 0 Å². The van der Waals surface area contributed by atoms with E-state index in [-0.39, 0.29) is 4.21 Å². The number of nitrogens with one attached hydrogen (secondary N) is 1. The van der Waals surface area contributed by atoms with E-state index < -0.39 is 10.0 Å². The molecule has 1 fully saturated rings. The van der Waals surface area contributed by atoms with Crippen LogP contribution in [0.3, 0.4) is 0 Å². The third kappa shape index (κ3) is 3.40. The Labute approximate surface area is 134 Å². The maximum absolute atomic E-state index is 12.1. The van der Waals surface area contributed by atoms with Crippen molar-refractivity contribution in [1.29, 1.82) is 0 Å². The zero-order chi connectivity index (χ0) is 15.6. The van der Waals surface area contributed by atoms with Crippen LogP contribution in [-0.2, 0) is 10.0 Å². The van der Waals surface area contributed by atoms with Crippen LogP contribution >= 0.6 is 11.3 Å². The summed E-state index contributed by atoms with van der Waals surface area (Å²) in [5.74, 6) is 0.339. The van der Waals surface area contributed by atoms with Gasteiger partial charge in [-0.25, -0.2) is 13.4 Å². The molecular formula is C14H18N4O2S2. The summed E-state index contributed by atoms with van der Waals surface area (Å²) >= 11 is 1.18. The standard InChI is InChI=1S/C14H18N4O2S2/c1-17-6-8-18(9-7-17)12-4-5-13(15-11-12)16-22(19,20)14-3-2-10-21-14/h2-5,10-11H,6-9H2,1H3,(H,15,16). The normalized spacial score (nSPS) is 16.7. The Morgan fingerprint density at radius 2 is 1.95 bits per heavy atom. The van der Waals surface area contributed by atoms with Gasteiger partial charge in [0.2, 0.25) is 0 Å². The molecule has 2 aromatic heterocycles. The minimum Gasteiger partial charge on any atom is -0.368 e. The number of hydrogen-bond acceptors (Lipinski definition) is 6. The number of piperazine rings is 1. The third-order valence-electron chi connectivity index (χ3n) is 3.62. The van der Waals surface area contributed by atoms with Crippen LogP contribution in [0.15, 0.2) is 40.1 Å². The van der Waals surface area contributed by atoms with Gasteiger partial charge < -0.3 is 9.80 Å². The molecule has 0 atom stereocenters. The molecule has 8 heteroatoms. The van der Waals surface area contributed by atoms with E-state index in [1.807, 2.05) is 6.07 Å². The van der Waals surface area contributed by atoms with Gasteiger partial charge in [0.25, 0.3) is 10.0 Å². The maximum Gasteiger partial charge on any atom is 0.272 e. The molecule has 1 aliphatic rings. The van der Waals surface area contributed by atoms with E-state index >= 15 is 0 Å². The monoisotopic (exact) mass is 338 g/mol. The zero-order valence-corrected chi connectivity index (χ0v) is 13.9. The van der Waals surface area contributed by atoms with Crippen LogP contribution in [0.4, 0.5) is 11.5 Å². The van der Waals surface area contributed by atoms with E-state index in [1.165, 1.54) is 11.3 Å². The fourth-order valence-corrected chi connectivity index (χ4v) is 4.30. The van der Waals surface area contributed by atoms with Crippen molar-refractivity contribution < 1.29 is 8.42 Å². The highest BCUT2D eigenvalue weighted by atomic mass is 32.2. The number of thiophene rings is 1. The highest BCUT2D eigenvalue weighted by molar-refractivity contribution is 7.94. The van der Waals surface area contributed by atoms with Gasteiger partial charge in [-0.1, -0.05) is 6.07 Å². The van der Waals surface area contributed by atoms with E-state index in [9.17, 15) is 8.42 Å². The Bertz CT molecular complexity index is 706. The molecule has 1 N–H and O–H groups in total. The number of hydrogen-bond donors (Lipinski definition) is 1. The van der Waals surface area contributed by atoms with Gasteiger partial charge in [-0.3, -0.25) is 4.72 Å². The van der Waals surface area contributed by atoms with Crippen LogP contribution < -0.4 is 9.62 Å². The Balaban J connectivity index is 1.70. The number of anilines is 2. The average Bonchev–Trinajstić information content (AvgIpc) is 3.04. The van der Waals surface area contributed by atoms with E-state index in [0.717, 1.165) is 31.9 Å². The van der Waals surface area contributed by atoms with Crippen molar-refractivity contribution >= 4 is 32.9 Å². The molecule has 6 nitrogen and oxygen atoms in total. The van der Waals surface area contributed by atoms with Crippen LogP contribution in [0.25, 0.3) is 0 Å². The molecule has 3 rings (SSSR count). The van der Waals surface area contributed by atoms with Crippen LogP contribution in [0.5, 0.6) is 0 Å². The molecule has 0 bridgehead atoms. The molecule has 3 heterocycles. The first kappa shape index (κ1) is 15.3. The lowest BCUT2D eigenvalue weighted by atomic mass is 10.3. The molecule has 22 heavy (non-hydrogen) atoms. The van der Waals surface area contributed by atoms with Crippen LogP contribution in [0.1, 0.15) is 0 Å². The first-order valence-electron chi connectivity index (χ1n) is 7.00. The van der Waals surface area contributed by atoms with Crippen molar-refractivity contribution in [2.45, 2.75) is 4.21 Å². The van der Waals surface area contributed by atoms with E-state index in [4.69, 9.17) is 0 Å². The molecule has 0 unspecified atom stereocenters. The molecule has 0 spiro atoms. The fraction of sp³-hybridized carbons (Fsp3) is 0.357. The van der Waals surface area contributed by atoms with Crippen molar-refractivity contribution in [2.75, 3.05) is 42.8 Å². The van der Waals surface area contributed by atoms with E-state index in [0.29, 0.717) is 5.82 Å². The number of likely N-dealkylation sites (N-methyl/N-ethyl adjacent to an activating group) is 1. The molecule has 2 aromatic rings. The quantitative estimate of drug-likeness (QED) is 0.919.